The fraction of sp³-hybridized carbons (Fsp3) is 0.538. The monoisotopic (exact) mass is 236 g/mol. The molecule has 0 atom stereocenters. The van der Waals surface area contributed by atoms with Gasteiger partial charge in [0.1, 0.15) is 0 Å². The second-order valence-electron chi connectivity index (χ2n) is 5.19. The zero-order valence-electron chi connectivity index (χ0n) is 10.7. The van der Waals surface area contributed by atoms with Crippen LogP contribution in [0, 0.1) is 6.92 Å². The molecule has 0 amide bonds. The second kappa shape index (κ2) is 4.45. The van der Waals surface area contributed by atoms with E-state index in [0.717, 1.165) is 35.7 Å². The standard InChI is InChI=1S/C13H20N2O2/c1-9-6-11-12(17-8-16-11)7-10(9)15-5-4-13(2,3)14/h6-7,15H,4-5,8,14H2,1-3H3. The maximum atomic E-state index is 5.94. The number of hydrogen-bond acceptors (Lipinski definition) is 4. The summed E-state index contributed by atoms with van der Waals surface area (Å²) < 4.78 is 10.7. The van der Waals surface area contributed by atoms with Crippen molar-refractivity contribution in [1.82, 2.24) is 0 Å². The van der Waals surface area contributed by atoms with Crippen molar-refractivity contribution in [1.29, 1.82) is 0 Å². The van der Waals surface area contributed by atoms with Gasteiger partial charge >= 0.3 is 0 Å². The SMILES string of the molecule is Cc1cc2c(cc1NCCC(C)(C)N)OCO2. The Kier molecular flexibility index (Phi) is 3.15. The molecular weight excluding hydrogens is 216 g/mol. The fourth-order valence-electron chi connectivity index (χ4n) is 1.75. The Morgan fingerprint density at radius 3 is 2.59 bits per heavy atom. The lowest BCUT2D eigenvalue weighted by molar-refractivity contribution is 0.174. The summed E-state index contributed by atoms with van der Waals surface area (Å²) in [4.78, 5) is 0. The van der Waals surface area contributed by atoms with E-state index in [0.29, 0.717) is 6.79 Å². The van der Waals surface area contributed by atoms with Gasteiger partial charge in [0.15, 0.2) is 11.5 Å². The Bertz CT molecular complexity index is 411. The van der Waals surface area contributed by atoms with Gasteiger partial charge in [-0.15, -0.1) is 0 Å². The van der Waals surface area contributed by atoms with Crippen LogP contribution in [0.15, 0.2) is 12.1 Å². The van der Waals surface area contributed by atoms with Gasteiger partial charge in [0.05, 0.1) is 0 Å². The molecule has 4 nitrogen and oxygen atoms in total. The molecule has 1 aromatic carbocycles. The van der Waals surface area contributed by atoms with E-state index in [-0.39, 0.29) is 5.54 Å². The second-order valence-corrected chi connectivity index (χ2v) is 5.19. The molecular formula is C13H20N2O2. The van der Waals surface area contributed by atoms with E-state index in [1.165, 1.54) is 0 Å². The van der Waals surface area contributed by atoms with E-state index >= 15 is 0 Å². The summed E-state index contributed by atoms with van der Waals surface area (Å²) in [6.07, 6.45) is 0.918. The zero-order chi connectivity index (χ0) is 12.5. The third kappa shape index (κ3) is 3.03. The van der Waals surface area contributed by atoms with Crippen LogP contribution < -0.4 is 20.5 Å². The van der Waals surface area contributed by atoms with E-state index in [1.54, 1.807) is 0 Å². The summed E-state index contributed by atoms with van der Waals surface area (Å²) >= 11 is 0. The van der Waals surface area contributed by atoms with Crippen molar-refractivity contribution in [3.8, 4) is 11.5 Å². The van der Waals surface area contributed by atoms with Gasteiger partial charge in [-0.3, -0.25) is 0 Å². The fourth-order valence-corrected chi connectivity index (χ4v) is 1.75. The minimum atomic E-state index is -0.142. The molecule has 3 N–H and O–H groups in total. The van der Waals surface area contributed by atoms with Crippen molar-refractivity contribution in [2.45, 2.75) is 32.7 Å². The highest BCUT2D eigenvalue weighted by Crippen LogP contribution is 2.36. The highest BCUT2D eigenvalue weighted by atomic mass is 16.7. The molecule has 0 saturated heterocycles. The lowest BCUT2D eigenvalue weighted by Crippen LogP contribution is -2.34. The zero-order valence-corrected chi connectivity index (χ0v) is 10.7. The van der Waals surface area contributed by atoms with Gasteiger partial charge in [0.2, 0.25) is 6.79 Å². The summed E-state index contributed by atoms with van der Waals surface area (Å²) in [5, 5.41) is 3.38. The number of anilines is 1. The first-order valence-electron chi connectivity index (χ1n) is 5.89. The van der Waals surface area contributed by atoms with Crippen molar-refractivity contribution in [2.75, 3.05) is 18.7 Å². The number of hydrogen-bond donors (Lipinski definition) is 2. The topological polar surface area (TPSA) is 56.5 Å². The highest BCUT2D eigenvalue weighted by molar-refractivity contribution is 5.60. The summed E-state index contributed by atoms with van der Waals surface area (Å²) in [6.45, 7) is 7.28. The Balaban J connectivity index is 2.02. The first-order chi connectivity index (χ1) is 7.96. The largest absolute Gasteiger partial charge is 0.454 e. The van der Waals surface area contributed by atoms with E-state index < -0.39 is 0 Å². The molecule has 0 unspecified atom stereocenters. The normalized spacial score (nSPS) is 13.9. The Hall–Kier alpha value is -1.42. The smallest absolute Gasteiger partial charge is 0.231 e. The Morgan fingerprint density at radius 2 is 1.94 bits per heavy atom. The van der Waals surface area contributed by atoms with Gasteiger partial charge in [0, 0.05) is 23.8 Å². The molecule has 1 aliphatic rings. The molecule has 17 heavy (non-hydrogen) atoms. The lowest BCUT2D eigenvalue weighted by Gasteiger charge is -2.19. The quantitative estimate of drug-likeness (QED) is 0.842. The molecule has 0 saturated carbocycles. The summed E-state index contributed by atoms with van der Waals surface area (Å²) in [5.41, 5.74) is 8.04. The van der Waals surface area contributed by atoms with Gasteiger partial charge in [-0.2, -0.15) is 0 Å². The van der Waals surface area contributed by atoms with Crippen LogP contribution in [0.3, 0.4) is 0 Å². The maximum absolute atomic E-state index is 5.94. The van der Waals surface area contributed by atoms with Crippen LogP contribution in [0.25, 0.3) is 0 Å². The van der Waals surface area contributed by atoms with Crippen molar-refractivity contribution in [2.24, 2.45) is 5.73 Å². The molecule has 0 aliphatic carbocycles. The number of nitrogens with two attached hydrogens (primary N) is 1. The van der Waals surface area contributed by atoms with Gasteiger partial charge in [-0.05, 0) is 38.8 Å². The molecule has 0 bridgehead atoms. The number of rotatable bonds is 4. The number of fused-ring (bicyclic) bond motifs is 1. The number of benzene rings is 1. The van der Waals surface area contributed by atoms with Crippen LogP contribution in [-0.4, -0.2) is 18.9 Å². The minimum absolute atomic E-state index is 0.142. The molecule has 1 aliphatic heterocycles. The van der Waals surface area contributed by atoms with Gasteiger partial charge in [-0.1, -0.05) is 0 Å². The molecule has 4 heteroatoms. The molecule has 2 rings (SSSR count). The average molecular weight is 236 g/mol. The van der Waals surface area contributed by atoms with E-state index in [2.05, 4.69) is 12.2 Å². The lowest BCUT2D eigenvalue weighted by atomic mass is 10.0. The summed E-state index contributed by atoms with van der Waals surface area (Å²) in [6, 6.07) is 3.99. The Labute approximate surface area is 102 Å². The molecule has 94 valence electrons. The van der Waals surface area contributed by atoms with Gasteiger partial charge in [-0.25, -0.2) is 0 Å². The van der Waals surface area contributed by atoms with Gasteiger partial charge < -0.3 is 20.5 Å². The third-order valence-electron chi connectivity index (χ3n) is 2.80. The number of ether oxygens (including phenoxy) is 2. The Morgan fingerprint density at radius 1 is 1.29 bits per heavy atom. The van der Waals surface area contributed by atoms with Crippen molar-refractivity contribution >= 4 is 5.69 Å². The van der Waals surface area contributed by atoms with E-state index in [9.17, 15) is 0 Å². The van der Waals surface area contributed by atoms with E-state index in [4.69, 9.17) is 15.2 Å². The van der Waals surface area contributed by atoms with Crippen LogP contribution in [0.4, 0.5) is 5.69 Å². The molecule has 0 fully saturated rings. The van der Waals surface area contributed by atoms with Crippen molar-refractivity contribution in [3.63, 3.8) is 0 Å². The number of aryl methyl sites for hydroxylation is 1. The predicted octanol–water partition coefficient (Wildman–Crippen LogP) is 2.26. The highest BCUT2D eigenvalue weighted by Gasteiger charge is 2.16. The first kappa shape index (κ1) is 12.0. The maximum Gasteiger partial charge on any atom is 0.231 e. The molecule has 0 radical (unpaired) electrons. The molecule has 0 aromatic heterocycles. The van der Waals surface area contributed by atoms with Crippen LogP contribution in [0.5, 0.6) is 11.5 Å². The molecule has 1 heterocycles. The van der Waals surface area contributed by atoms with E-state index in [1.807, 2.05) is 26.0 Å². The van der Waals surface area contributed by atoms with Crippen LogP contribution in [0.1, 0.15) is 25.8 Å². The third-order valence-corrected chi connectivity index (χ3v) is 2.80. The van der Waals surface area contributed by atoms with Crippen LogP contribution >= 0.6 is 0 Å². The first-order valence-corrected chi connectivity index (χ1v) is 5.89. The summed E-state index contributed by atoms with van der Waals surface area (Å²) in [7, 11) is 0. The predicted molar refractivity (Wildman–Crippen MR) is 68.7 cm³/mol. The average Bonchev–Trinajstić information content (AvgIpc) is 2.63. The van der Waals surface area contributed by atoms with Crippen molar-refractivity contribution < 1.29 is 9.47 Å². The van der Waals surface area contributed by atoms with Gasteiger partial charge in [0.25, 0.3) is 0 Å². The van der Waals surface area contributed by atoms with Crippen LogP contribution in [-0.2, 0) is 0 Å². The van der Waals surface area contributed by atoms with Crippen LogP contribution in [0.2, 0.25) is 0 Å². The van der Waals surface area contributed by atoms with Crippen molar-refractivity contribution in [3.05, 3.63) is 17.7 Å². The molecule has 1 aromatic rings. The molecule has 0 spiro atoms. The minimum Gasteiger partial charge on any atom is -0.454 e. The number of nitrogens with one attached hydrogen (secondary N) is 1. The summed E-state index contributed by atoms with van der Waals surface area (Å²) in [5.74, 6) is 1.64.